The Labute approximate surface area is 126 Å². The smallest absolute Gasteiger partial charge is 0.0847 e. The predicted octanol–water partition coefficient (Wildman–Crippen LogP) is 3.70. The Hall–Kier alpha value is -0.840. The minimum Gasteiger partial charge on any atom is -0.324 e. The van der Waals surface area contributed by atoms with Crippen LogP contribution in [0.5, 0.6) is 0 Å². The molecule has 102 valence electrons. The van der Waals surface area contributed by atoms with E-state index in [1.807, 2.05) is 20.0 Å². The quantitative estimate of drug-likeness (QED) is 0.924. The van der Waals surface area contributed by atoms with E-state index in [4.69, 9.17) is 17.3 Å². The molecule has 1 heterocycles. The first kappa shape index (κ1) is 14.6. The van der Waals surface area contributed by atoms with Gasteiger partial charge in [-0.2, -0.15) is 5.10 Å². The van der Waals surface area contributed by atoms with Crippen molar-refractivity contribution in [1.82, 2.24) is 9.78 Å². The molecule has 2 rings (SSSR count). The molecule has 3 nitrogen and oxygen atoms in total. The van der Waals surface area contributed by atoms with E-state index < -0.39 is 0 Å². The zero-order valence-corrected chi connectivity index (χ0v) is 13.6. The Morgan fingerprint density at radius 3 is 2.68 bits per heavy atom. The average Bonchev–Trinajstić information content (AvgIpc) is 2.59. The topological polar surface area (TPSA) is 43.8 Å². The van der Waals surface area contributed by atoms with Gasteiger partial charge < -0.3 is 5.73 Å². The van der Waals surface area contributed by atoms with Crippen LogP contribution < -0.4 is 5.73 Å². The molecular formula is C14H17BrClN3. The third-order valence-corrected chi connectivity index (χ3v) is 4.44. The summed E-state index contributed by atoms with van der Waals surface area (Å²) in [7, 11) is 1.90. The number of benzene rings is 1. The van der Waals surface area contributed by atoms with E-state index in [2.05, 4.69) is 40.1 Å². The van der Waals surface area contributed by atoms with Crippen molar-refractivity contribution in [3.05, 3.63) is 50.2 Å². The third kappa shape index (κ3) is 3.02. The monoisotopic (exact) mass is 341 g/mol. The van der Waals surface area contributed by atoms with Gasteiger partial charge in [-0.05, 0) is 25.5 Å². The van der Waals surface area contributed by atoms with E-state index in [1.165, 1.54) is 5.56 Å². The maximum atomic E-state index is 6.31. The second-order valence-electron chi connectivity index (χ2n) is 4.81. The van der Waals surface area contributed by atoms with E-state index in [1.54, 1.807) is 4.68 Å². The Bertz CT molecular complexity index is 607. The first-order valence-corrected chi connectivity index (χ1v) is 7.27. The van der Waals surface area contributed by atoms with E-state index >= 15 is 0 Å². The van der Waals surface area contributed by atoms with Gasteiger partial charge in [0.2, 0.25) is 0 Å². The van der Waals surface area contributed by atoms with Gasteiger partial charge in [0.25, 0.3) is 0 Å². The number of nitrogens with zero attached hydrogens (tertiary/aromatic N) is 2. The van der Waals surface area contributed by atoms with Crippen molar-refractivity contribution in [1.29, 1.82) is 0 Å². The molecule has 5 heteroatoms. The van der Waals surface area contributed by atoms with Crippen LogP contribution >= 0.6 is 27.5 Å². The summed E-state index contributed by atoms with van der Waals surface area (Å²) >= 11 is 9.82. The molecule has 0 saturated heterocycles. The van der Waals surface area contributed by atoms with Crippen LogP contribution in [0.25, 0.3) is 0 Å². The maximum absolute atomic E-state index is 6.31. The van der Waals surface area contributed by atoms with E-state index in [0.717, 1.165) is 21.4 Å². The largest absolute Gasteiger partial charge is 0.324 e. The molecule has 0 aliphatic rings. The number of aryl methyl sites for hydroxylation is 3. The highest BCUT2D eigenvalue weighted by Crippen LogP contribution is 2.28. The summed E-state index contributed by atoms with van der Waals surface area (Å²) in [6, 6.07) is 6.08. The van der Waals surface area contributed by atoms with Gasteiger partial charge in [-0.15, -0.1) is 0 Å². The molecule has 0 radical (unpaired) electrons. The maximum Gasteiger partial charge on any atom is 0.0847 e. The van der Waals surface area contributed by atoms with Gasteiger partial charge in [0.1, 0.15) is 0 Å². The predicted molar refractivity (Wildman–Crippen MR) is 82.5 cm³/mol. The normalized spacial score (nSPS) is 12.7. The molecule has 19 heavy (non-hydrogen) atoms. The van der Waals surface area contributed by atoms with Crippen molar-refractivity contribution in [2.24, 2.45) is 12.8 Å². The first-order chi connectivity index (χ1) is 8.90. The van der Waals surface area contributed by atoms with Gasteiger partial charge in [0, 0.05) is 24.0 Å². The molecule has 1 aromatic heterocycles. The van der Waals surface area contributed by atoms with Crippen LogP contribution in [0, 0.1) is 13.8 Å². The molecule has 2 N–H and O–H groups in total. The van der Waals surface area contributed by atoms with Crippen molar-refractivity contribution in [3.63, 3.8) is 0 Å². The summed E-state index contributed by atoms with van der Waals surface area (Å²) in [6.45, 7) is 3.96. The molecule has 1 unspecified atom stereocenters. The van der Waals surface area contributed by atoms with Crippen LogP contribution in [-0.4, -0.2) is 9.78 Å². The highest BCUT2D eigenvalue weighted by molar-refractivity contribution is 9.10. The zero-order chi connectivity index (χ0) is 14.2. The molecular weight excluding hydrogens is 326 g/mol. The summed E-state index contributed by atoms with van der Waals surface area (Å²) in [6.07, 6.45) is 0.665. The lowest BCUT2D eigenvalue weighted by Gasteiger charge is -2.15. The van der Waals surface area contributed by atoms with Crippen LogP contribution in [0.2, 0.25) is 5.02 Å². The Balaban J connectivity index is 2.30. The van der Waals surface area contributed by atoms with Gasteiger partial charge in [0.15, 0.2) is 0 Å². The molecule has 1 aromatic carbocycles. The van der Waals surface area contributed by atoms with Crippen LogP contribution in [-0.2, 0) is 13.5 Å². The zero-order valence-electron chi connectivity index (χ0n) is 11.2. The van der Waals surface area contributed by atoms with Crippen LogP contribution in [0.4, 0.5) is 0 Å². The highest BCUT2D eigenvalue weighted by atomic mass is 79.9. The average molecular weight is 343 g/mol. The summed E-state index contributed by atoms with van der Waals surface area (Å²) in [5.41, 5.74) is 10.4. The fraction of sp³-hybridized carbons (Fsp3) is 0.357. The fourth-order valence-electron chi connectivity index (χ4n) is 2.17. The van der Waals surface area contributed by atoms with Gasteiger partial charge in [-0.25, -0.2) is 0 Å². The number of hydrogen-bond donors (Lipinski definition) is 1. The molecule has 0 saturated carbocycles. The van der Waals surface area contributed by atoms with Crippen molar-refractivity contribution in [3.8, 4) is 0 Å². The molecule has 0 spiro atoms. The standard InChI is InChI=1S/C14H17BrClN3/c1-8-4-5-11(15)10(6-8)12(17)7-13-14(16)9(2)18-19(13)3/h4-6,12H,7,17H2,1-3H3. The third-order valence-electron chi connectivity index (χ3n) is 3.23. The van der Waals surface area contributed by atoms with Gasteiger partial charge in [-0.3, -0.25) is 4.68 Å². The number of hydrogen-bond acceptors (Lipinski definition) is 2. The number of aromatic nitrogens is 2. The fourth-order valence-corrected chi connectivity index (χ4v) is 2.95. The minimum atomic E-state index is -0.110. The second kappa shape index (κ2) is 5.65. The molecule has 0 aliphatic carbocycles. The second-order valence-corrected chi connectivity index (χ2v) is 6.04. The lowest BCUT2D eigenvalue weighted by Crippen LogP contribution is -2.16. The Morgan fingerprint density at radius 2 is 2.11 bits per heavy atom. The summed E-state index contributed by atoms with van der Waals surface area (Å²) in [5.74, 6) is 0. The van der Waals surface area contributed by atoms with Gasteiger partial charge >= 0.3 is 0 Å². The molecule has 0 fully saturated rings. The number of halogens is 2. The molecule has 1 atom stereocenters. The highest BCUT2D eigenvalue weighted by Gasteiger charge is 2.17. The van der Waals surface area contributed by atoms with E-state index in [9.17, 15) is 0 Å². The van der Waals surface area contributed by atoms with E-state index in [-0.39, 0.29) is 6.04 Å². The molecule has 2 aromatic rings. The minimum absolute atomic E-state index is 0.110. The summed E-state index contributed by atoms with van der Waals surface area (Å²) in [5, 5.41) is 5.02. The van der Waals surface area contributed by atoms with Crippen LogP contribution in [0.15, 0.2) is 22.7 Å². The van der Waals surface area contributed by atoms with Crippen molar-refractivity contribution in [2.75, 3.05) is 0 Å². The van der Waals surface area contributed by atoms with Crippen LogP contribution in [0.3, 0.4) is 0 Å². The van der Waals surface area contributed by atoms with E-state index in [0.29, 0.717) is 11.4 Å². The lowest BCUT2D eigenvalue weighted by atomic mass is 10.0. The molecule has 0 bridgehead atoms. The SMILES string of the molecule is Cc1ccc(Br)c(C(N)Cc2c(Cl)c(C)nn2C)c1. The van der Waals surface area contributed by atoms with Gasteiger partial charge in [-0.1, -0.05) is 45.2 Å². The number of nitrogens with two attached hydrogens (primary N) is 1. The lowest BCUT2D eigenvalue weighted by molar-refractivity contribution is 0.638. The van der Waals surface area contributed by atoms with Gasteiger partial charge in [0.05, 0.1) is 16.4 Å². The van der Waals surface area contributed by atoms with Crippen molar-refractivity contribution < 1.29 is 0 Å². The van der Waals surface area contributed by atoms with Crippen molar-refractivity contribution in [2.45, 2.75) is 26.3 Å². The number of rotatable bonds is 3. The summed E-state index contributed by atoms with van der Waals surface area (Å²) < 4.78 is 2.84. The first-order valence-electron chi connectivity index (χ1n) is 6.09. The Morgan fingerprint density at radius 1 is 1.42 bits per heavy atom. The van der Waals surface area contributed by atoms with Crippen LogP contribution in [0.1, 0.15) is 28.6 Å². The van der Waals surface area contributed by atoms with Crippen molar-refractivity contribution >= 4 is 27.5 Å². The molecule has 0 amide bonds. The summed E-state index contributed by atoms with van der Waals surface area (Å²) in [4.78, 5) is 0. The molecule has 0 aliphatic heterocycles. The Kier molecular flexibility index (Phi) is 4.33.